The van der Waals surface area contributed by atoms with Crippen molar-refractivity contribution in [2.24, 2.45) is 0 Å². The molecular formula is C11H14ClN. The zero-order valence-corrected chi connectivity index (χ0v) is 8.56. The lowest BCUT2D eigenvalue weighted by molar-refractivity contribution is 0.661. The van der Waals surface area contributed by atoms with E-state index in [4.69, 9.17) is 11.6 Å². The molecule has 0 aromatic heterocycles. The van der Waals surface area contributed by atoms with Crippen LogP contribution in [0, 0.1) is 0 Å². The third kappa shape index (κ3) is 1.80. The molecule has 70 valence electrons. The Balaban J connectivity index is 2.16. The van der Waals surface area contributed by atoms with Gasteiger partial charge in [0.15, 0.2) is 0 Å². The number of hydrogen-bond acceptors (Lipinski definition) is 1. The molecule has 1 aromatic rings. The Hall–Kier alpha value is -0.690. The number of benzene rings is 1. The fraction of sp³-hybridized carbons (Fsp3) is 0.455. The van der Waals surface area contributed by atoms with Crippen LogP contribution in [0.1, 0.15) is 25.3 Å². The first kappa shape index (κ1) is 8.89. The number of fused-ring (bicyclic) bond motifs is 1. The highest BCUT2D eigenvalue weighted by Gasteiger charge is 2.19. The minimum Gasteiger partial charge on any atom is -0.382 e. The summed E-state index contributed by atoms with van der Waals surface area (Å²) in [5.74, 6) is 0. The topological polar surface area (TPSA) is 12.0 Å². The molecule has 1 heterocycles. The third-order valence-electron chi connectivity index (χ3n) is 2.53. The lowest BCUT2D eigenvalue weighted by Gasteiger charge is -2.08. The first-order chi connectivity index (χ1) is 6.29. The molecule has 0 bridgehead atoms. The lowest BCUT2D eigenvalue weighted by Crippen LogP contribution is -2.14. The highest BCUT2D eigenvalue weighted by Crippen LogP contribution is 2.29. The summed E-state index contributed by atoms with van der Waals surface area (Å²) in [5, 5.41) is 4.35. The summed E-state index contributed by atoms with van der Waals surface area (Å²) in [5.41, 5.74) is 2.63. The molecule has 1 aromatic carbocycles. The highest BCUT2D eigenvalue weighted by atomic mass is 35.5. The minimum atomic E-state index is 0.624. The summed E-state index contributed by atoms with van der Waals surface area (Å²) in [6, 6.07) is 6.72. The van der Waals surface area contributed by atoms with E-state index in [-0.39, 0.29) is 0 Å². The summed E-state index contributed by atoms with van der Waals surface area (Å²) >= 11 is 5.92. The van der Waals surface area contributed by atoms with Gasteiger partial charge >= 0.3 is 0 Å². The van der Waals surface area contributed by atoms with Crippen LogP contribution in [-0.4, -0.2) is 6.04 Å². The van der Waals surface area contributed by atoms with E-state index in [1.54, 1.807) is 0 Å². The Bertz CT molecular complexity index is 309. The van der Waals surface area contributed by atoms with E-state index in [1.165, 1.54) is 24.1 Å². The van der Waals surface area contributed by atoms with E-state index in [0.29, 0.717) is 6.04 Å². The van der Waals surface area contributed by atoms with Crippen molar-refractivity contribution in [3.63, 3.8) is 0 Å². The predicted molar refractivity (Wildman–Crippen MR) is 57.5 cm³/mol. The standard InChI is InChI=1S/C11H14ClN/c1-2-3-10-7-8-6-9(12)4-5-11(8)13-10/h4-6,10,13H,2-3,7H2,1H3. The van der Waals surface area contributed by atoms with Gasteiger partial charge in [-0.25, -0.2) is 0 Å². The van der Waals surface area contributed by atoms with E-state index >= 15 is 0 Å². The summed E-state index contributed by atoms with van der Waals surface area (Å²) in [6.45, 7) is 2.22. The Kier molecular flexibility index (Phi) is 2.45. The zero-order chi connectivity index (χ0) is 9.26. The smallest absolute Gasteiger partial charge is 0.0410 e. The second-order valence-corrected chi connectivity index (χ2v) is 4.07. The number of hydrogen-bond donors (Lipinski definition) is 1. The summed E-state index contributed by atoms with van der Waals surface area (Å²) in [6.07, 6.45) is 3.61. The molecule has 1 nitrogen and oxygen atoms in total. The van der Waals surface area contributed by atoms with Gasteiger partial charge in [0.05, 0.1) is 0 Å². The van der Waals surface area contributed by atoms with Crippen molar-refractivity contribution in [2.45, 2.75) is 32.2 Å². The van der Waals surface area contributed by atoms with Crippen molar-refractivity contribution < 1.29 is 0 Å². The third-order valence-corrected chi connectivity index (χ3v) is 2.77. The molecule has 1 aliphatic rings. The van der Waals surface area contributed by atoms with Crippen LogP contribution < -0.4 is 5.32 Å². The van der Waals surface area contributed by atoms with Gasteiger partial charge in [-0.1, -0.05) is 24.9 Å². The van der Waals surface area contributed by atoms with Crippen molar-refractivity contribution in [2.75, 3.05) is 5.32 Å². The van der Waals surface area contributed by atoms with Crippen LogP contribution in [0.3, 0.4) is 0 Å². The Morgan fingerprint density at radius 2 is 2.38 bits per heavy atom. The molecule has 0 saturated heterocycles. The average molecular weight is 196 g/mol. The quantitative estimate of drug-likeness (QED) is 0.762. The van der Waals surface area contributed by atoms with Crippen molar-refractivity contribution in [1.82, 2.24) is 0 Å². The molecule has 1 unspecified atom stereocenters. The maximum atomic E-state index is 5.92. The molecule has 0 amide bonds. The van der Waals surface area contributed by atoms with Gasteiger partial charge in [0.25, 0.3) is 0 Å². The van der Waals surface area contributed by atoms with Crippen molar-refractivity contribution in [3.05, 3.63) is 28.8 Å². The fourth-order valence-corrected chi connectivity index (χ4v) is 2.13. The second-order valence-electron chi connectivity index (χ2n) is 3.64. The molecule has 1 atom stereocenters. The first-order valence-electron chi connectivity index (χ1n) is 4.84. The molecular weight excluding hydrogens is 182 g/mol. The van der Waals surface area contributed by atoms with Gasteiger partial charge in [0, 0.05) is 16.8 Å². The molecule has 13 heavy (non-hydrogen) atoms. The predicted octanol–water partition coefficient (Wildman–Crippen LogP) is 3.48. The molecule has 1 N–H and O–H groups in total. The summed E-state index contributed by atoms with van der Waals surface area (Å²) in [4.78, 5) is 0. The van der Waals surface area contributed by atoms with Gasteiger partial charge in [-0.15, -0.1) is 0 Å². The SMILES string of the molecule is CCCC1Cc2cc(Cl)ccc2N1. The van der Waals surface area contributed by atoms with E-state index in [2.05, 4.69) is 24.4 Å². The van der Waals surface area contributed by atoms with Gasteiger partial charge < -0.3 is 5.32 Å². The molecule has 0 saturated carbocycles. The van der Waals surface area contributed by atoms with E-state index in [9.17, 15) is 0 Å². The number of anilines is 1. The number of halogens is 1. The minimum absolute atomic E-state index is 0.624. The van der Waals surface area contributed by atoms with Crippen molar-refractivity contribution in [1.29, 1.82) is 0 Å². The van der Waals surface area contributed by atoms with Gasteiger partial charge in [0.1, 0.15) is 0 Å². The lowest BCUT2D eigenvalue weighted by atomic mass is 10.1. The van der Waals surface area contributed by atoms with Crippen molar-refractivity contribution >= 4 is 17.3 Å². The Labute approximate surface area is 84.1 Å². The van der Waals surface area contributed by atoms with Crippen LogP contribution in [0.5, 0.6) is 0 Å². The Morgan fingerprint density at radius 1 is 1.54 bits per heavy atom. The zero-order valence-electron chi connectivity index (χ0n) is 7.81. The van der Waals surface area contributed by atoms with E-state index in [0.717, 1.165) is 11.4 Å². The fourth-order valence-electron chi connectivity index (χ4n) is 1.93. The van der Waals surface area contributed by atoms with E-state index in [1.807, 2.05) is 6.07 Å². The average Bonchev–Trinajstić information content (AvgIpc) is 2.46. The van der Waals surface area contributed by atoms with Gasteiger partial charge in [-0.05, 0) is 36.6 Å². The molecule has 0 fully saturated rings. The summed E-state index contributed by atoms with van der Waals surface area (Å²) < 4.78 is 0. The van der Waals surface area contributed by atoms with Gasteiger partial charge in [-0.2, -0.15) is 0 Å². The van der Waals surface area contributed by atoms with Crippen LogP contribution >= 0.6 is 11.6 Å². The van der Waals surface area contributed by atoms with E-state index < -0.39 is 0 Å². The normalized spacial score (nSPS) is 19.7. The van der Waals surface area contributed by atoms with Crippen LogP contribution in [0.4, 0.5) is 5.69 Å². The van der Waals surface area contributed by atoms with Crippen molar-refractivity contribution in [3.8, 4) is 0 Å². The maximum absolute atomic E-state index is 5.92. The Morgan fingerprint density at radius 3 is 3.15 bits per heavy atom. The molecule has 1 aliphatic heterocycles. The number of nitrogens with one attached hydrogen (secondary N) is 1. The summed E-state index contributed by atoms with van der Waals surface area (Å²) in [7, 11) is 0. The molecule has 2 heteroatoms. The molecule has 0 radical (unpaired) electrons. The van der Waals surface area contributed by atoms with Crippen LogP contribution in [0.25, 0.3) is 0 Å². The second kappa shape index (κ2) is 3.59. The van der Waals surface area contributed by atoms with Crippen LogP contribution in [0.15, 0.2) is 18.2 Å². The molecule has 0 spiro atoms. The van der Waals surface area contributed by atoms with Gasteiger partial charge in [-0.3, -0.25) is 0 Å². The largest absolute Gasteiger partial charge is 0.382 e. The maximum Gasteiger partial charge on any atom is 0.0410 e. The first-order valence-corrected chi connectivity index (χ1v) is 5.22. The molecule has 0 aliphatic carbocycles. The van der Waals surface area contributed by atoms with Crippen LogP contribution in [-0.2, 0) is 6.42 Å². The van der Waals surface area contributed by atoms with Crippen LogP contribution in [0.2, 0.25) is 5.02 Å². The number of rotatable bonds is 2. The monoisotopic (exact) mass is 195 g/mol. The molecule has 2 rings (SSSR count). The van der Waals surface area contributed by atoms with Gasteiger partial charge in [0.2, 0.25) is 0 Å². The highest BCUT2D eigenvalue weighted by molar-refractivity contribution is 6.30.